The number of hydrogen-bond acceptors (Lipinski definition) is 6. The average molecular weight is 395 g/mol. The highest BCUT2D eigenvalue weighted by molar-refractivity contribution is 7.91. The Bertz CT molecular complexity index is 1000. The summed E-state index contributed by atoms with van der Waals surface area (Å²) in [5.74, 6) is 0. The van der Waals surface area contributed by atoms with Crippen LogP contribution in [0, 0.1) is 0 Å². The van der Waals surface area contributed by atoms with Crippen molar-refractivity contribution in [2.45, 2.75) is 22.3 Å². The molecule has 6 nitrogen and oxygen atoms in total. The lowest BCUT2D eigenvalue weighted by Gasteiger charge is -2.20. The highest BCUT2D eigenvalue weighted by atomic mass is 32.2. The van der Waals surface area contributed by atoms with Gasteiger partial charge in [-0.3, -0.25) is 0 Å². The Labute approximate surface area is 154 Å². The Kier molecular flexibility index (Phi) is 4.98. The largest absolute Gasteiger partial charge is 0.379 e. The van der Waals surface area contributed by atoms with Gasteiger partial charge in [-0.05, 0) is 36.8 Å². The normalized spacial score (nSPS) is 18.1. The number of nitrogens with zero attached hydrogens (tertiary/aromatic N) is 1. The summed E-state index contributed by atoms with van der Waals surface area (Å²) in [7, 11) is -7.04. The molecule has 0 saturated carbocycles. The lowest BCUT2D eigenvalue weighted by Crippen LogP contribution is -2.26. The Balaban J connectivity index is 1.84. The van der Waals surface area contributed by atoms with Gasteiger partial charge in [-0.15, -0.1) is 0 Å². The predicted molar refractivity (Wildman–Crippen MR) is 103 cm³/mol. The SMILES string of the molecule is CS(=O)(=O)c1ccc(NC2CCN(c3ccccc3)C2)c(S(C)(=O)=O)c1. The highest BCUT2D eigenvalue weighted by Crippen LogP contribution is 2.28. The van der Waals surface area contributed by atoms with E-state index in [9.17, 15) is 16.8 Å². The van der Waals surface area contributed by atoms with Gasteiger partial charge in [0.25, 0.3) is 0 Å². The molecule has 0 aliphatic carbocycles. The fraction of sp³-hybridized carbons (Fsp3) is 0.333. The van der Waals surface area contributed by atoms with Crippen LogP contribution in [0.2, 0.25) is 0 Å². The zero-order valence-electron chi connectivity index (χ0n) is 14.7. The third kappa shape index (κ3) is 4.19. The van der Waals surface area contributed by atoms with Crippen molar-refractivity contribution in [3.63, 3.8) is 0 Å². The summed E-state index contributed by atoms with van der Waals surface area (Å²) in [5, 5.41) is 3.28. The molecule has 1 heterocycles. The maximum Gasteiger partial charge on any atom is 0.177 e. The van der Waals surface area contributed by atoms with E-state index in [2.05, 4.69) is 10.2 Å². The van der Waals surface area contributed by atoms with Crippen molar-refractivity contribution in [1.82, 2.24) is 0 Å². The summed E-state index contributed by atoms with van der Waals surface area (Å²) in [6.45, 7) is 1.62. The number of para-hydroxylation sites is 1. The summed E-state index contributed by atoms with van der Waals surface area (Å²) < 4.78 is 47.8. The molecule has 26 heavy (non-hydrogen) atoms. The molecule has 3 rings (SSSR count). The summed E-state index contributed by atoms with van der Waals surface area (Å²) in [4.78, 5) is 2.25. The van der Waals surface area contributed by atoms with Crippen LogP contribution in [-0.4, -0.2) is 48.5 Å². The van der Waals surface area contributed by atoms with E-state index in [0.29, 0.717) is 5.69 Å². The van der Waals surface area contributed by atoms with Gasteiger partial charge in [-0.25, -0.2) is 16.8 Å². The van der Waals surface area contributed by atoms with E-state index in [4.69, 9.17) is 0 Å². The van der Waals surface area contributed by atoms with Crippen LogP contribution in [0.25, 0.3) is 0 Å². The van der Waals surface area contributed by atoms with E-state index in [1.54, 1.807) is 0 Å². The second-order valence-electron chi connectivity index (χ2n) is 6.61. The lowest BCUT2D eigenvalue weighted by molar-refractivity contribution is 0.600. The Morgan fingerprint density at radius 2 is 1.65 bits per heavy atom. The number of benzene rings is 2. The third-order valence-electron chi connectivity index (χ3n) is 4.45. The molecule has 140 valence electrons. The summed E-state index contributed by atoms with van der Waals surface area (Å²) in [6, 6.07) is 14.3. The molecular weight excluding hydrogens is 372 g/mol. The van der Waals surface area contributed by atoms with Crippen LogP contribution in [0.5, 0.6) is 0 Å². The number of sulfone groups is 2. The van der Waals surface area contributed by atoms with Gasteiger partial charge in [-0.1, -0.05) is 18.2 Å². The first-order chi connectivity index (χ1) is 12.1. The van der Waals surface area contributed by atoms with Crippen molar-refractivity contribution in [1.29, 1.82) is 0 Å². The van der Waals surface area contributed by atoms with E-state index in [0.717, 1.165) is 37.7 Å². The molecule has 1 N–H and O–H groups in total. The molecule has 1 fully saturated rings. The molecule has 1 unspecified atom stereocenters. The van der Waals surface area contributed by atoms with Gasteiger partial charge in [0.15, 0.2) is 19.7 Å². The highest BCUT2D eigenvalue weighted by Gasteiger charge is 2.25. The van der Waals surface area contributed by atoms with Gasteiger partial charge in [-0.2, -0.15) is 0 Å². The van der Waals surface area contributed by atoms with Crippen molar-refractivity contribution >= 4 is 31.0 Å². The number of nitrogens with one attached hydrogen (secondary N) is 1. The minimum atomic E-state index is -3.56. The molecule has 0 aromatic heterocycles. The van der Waals surface area contributed by atoms with Crippen molar-refractivity contribution in [3.05, 3.63) is 48.5 Å². The van der Waals surface area contributed by atoms with Crippen LogP contribution in [0.1, 0.15) is 6.42 Å². The molecule has 2 aromatic rings. The minimum Gasteiger partial charge on any atom is -0.379 e. The maximum atomic E-state index is 12.1. The lowest BCUT2D eigenvalue weighted by atomic mass is 10.2. The smallest absolute Gasteiger partial charge is 0.177 e. The average Bonchev–Trinajstić information content (AvgIpc) is 3.02. The number of hydrogen-bond donors (Lipinski definition) is 1. The third-order valence-corrected chi connectivity index (χ3v) is 6.70. The first kappa shape index (κ1) is 18.7. The van der Waals surface area contributed by atoms with E-state index in [-0.39, 0.29) is 15.8 Å². The molecule has 1 aliphatic heterocycles. The maximum absolute atomic E-state index is 12.1. The number of rotatable bonds is 5. The molecule has 0 amide bonds. The monoisotopic (exact) mass is 394 g/mol. The van der Waals surface area contributed by atoms with Crippen LogP contribution in [-0.2, 0) is 19.7 Å². The summed E-state index contributed by atoms with van der Waals surface area (Å²) >= 11 is 0. The van der Waals surface area contributed by atoms with Crippen LogP contribution >= 0.6 is 0 Å². The molecule has 2 aromatic carbocycles. The van der Waals surface area contributed by atoms with E-state index >= 15 is 0 Å². The fourth-order valence-electron chi connectivity index (χ4n) is 3.13. The van der Waals surface area contributed by atoms with Gasteiger partial charge in [0.05, 0.1) is 15.5 Å². The molecular formula is C18H22N2O4S2. The molecule has 1 saturated heterocycles. The van der Waals surface area contributed by atoms with Gasteiger partial charge < -0.3 is 10.2 Å². The van der Waals surface area contributed by atoms with Crippen molar-refractivity contribution in [2.75, 3.05) is 35.8 Å². The van der Waals surface area contributed by atoms with Crippen LogP contribution in [0.4, 0.5) is 11.4 Å². The zero-order chi connectivity index (χ0) is 18.9. The Morgan fingerprint density at radius 1 is 0.962 bits per heavy atom. The van der Waals surface area contributed by atoms with Gasteiger partial charge in [0.1, 0.15) is 0 Å². The first-order valence-corrected chi connectivity index (χ1v) is 12.0. The molecule has 0 spiro atoms. The predicted octanol–water partition coefficient (Wildman–Crippen LogP) is 2.18. The standard InChI is InChI=1S/C18H22N2O4S2/c1-25(21,22)16-8-9-17(18(12-16)26(2,23)24)19-14-10-11-20(13-14)15-6-4-3-5-7-15/h3-9,12,14,19H,10-11,13H2,1-2H3. The molecule has 1 aliphatic rings. The van der Waals surface area contributed by atoms with Crippen molar-refractivity contribution in [2.24, 2.45) is 0 Å². The van der Waals surface area contributed by atoms with E-state index in [1.165, 1.54) is 18.2 Å². The van der Waals surface area contributed by atoms with Crippen LogP contribution in [0.15, 0.2) is 58.3 Å². The molecule has 8 heteroatoms. The molecule has 0 bridgehead atoms. The Hall–Kier alpha value is -2.06. The van der Waals surface area contributed by atoms with Gasteiger partial charge in [0, 0.05) is 37.3 Å². The Morgan fingerprint density at radius 3 is 2.27 bits per heavy atom. The van der Waals surface area contributed by atoms with Gasteiger partial charge in [0.2, 0.25) is 0 Å². The first-order valence-electron chi connectivity index (χ1n) is 8.25. The zero-order valence-corrected chi connectivity index (χ0v) is 16.3. The summed E-state index contributed by atoms with van der Waals surface area (Å²) in [6.07, 6.45) is 3.02. The van der Waals surface area contributed by atoms with Crippen molar-refractivity contribution < 1.29 is 16.8 Å². The van der Waals surface area contributed by atoms with E-state index < -0.39 is 19.7 Å². The summed E-state index contributed by atoms with van der Waals surface area (Å²) in [5.41, 5.74) is 1.58. The topological polar surface area (TPSA) is 83.6 Å². The second-order valence-corrected chi connectivity index (χ2v) is 10.6. The number of anilines is 2. The quantitative estimate of drug-likeness (QED) is 0.837. The van der Waals surface area contributed by atoms with E-state index in [1.807, 2.05) is 30.3 Å². The minimum absolute atomic E-state index is 0.000749. The van der Waals surface area contributed by atoms with Crippen LogP contribution < -0.4 is 10.2 Å². The molecule has 1 atom stereocenters. The van der Waals surface area contributed by atoms with Crippen LogP contribution in [0.3, 0.4) is 0 Å². The fourth-order valence-corrected chi connectivity index (χ4v) is 4.72. The molecule has 0 radical (unpaired) electrons. The van der Waals surface area contributed by atoms with Crippen molar-refractivity contribution in [3.8, 4) is 0 Å². The second kappa shape index (κ2) is 6.92. The van der Waals surface area contributed by atoms with Gasteiger partial charge >= 0.3 is 0 Å².